The number of ether oxygens (including phenoxy) is 1. The van der Waals surface area contributed by atoms with Gasteiger partial charge in [0.2, 0.25) is 5.91 Å². The van der Waals surface area contributed by atoms with Crippen LogP contribution in [0, 0.1) is 5.92 Å². The van der Waals surface area contributed by atoms with Crippen LogP contribution < -0.4 is 10.9 Å². The van der Waals surface area contributed by atoms with Crippen LogP contribution in [-0.4, -0.2) is 59.2 Å². The van der Waals surface area contributed by atoms with Gasteiger partial charge in [0.05, 0.1) is 30.4 Å². The Hall–Kier alpha value is -1.77. The number of amides is 1. The molecule has 0 aliphatic carbocycles. The molecule has 7 nitrogen and oxygen atoms in total. The summed E-state index contributed by atoms with van der Waals surface area (Å²) < 4.78 is 7.78. The van der Waals surface area contributed by atoms with E-state index in [0.29, 0.717) is 36.0 Å². The highest BCUT2D eigenvalue weighted by Crippen LogP contribution is 2.15. The number of carbonyl (C=O) groups is 1. The van der Waals surface area contributed by atoms with Gasteiger partial charge in [-0.2, -0.15) is 0 Å². The summed E-state index contributed by atoms with van der Waals surface area (Å²) in [4.78, 5) is 31.8. The number of carbonyl (C=O) groups excluding carboxylic acids is 1. The van der Waals surface area contributed by atoms with Crippen LogP contribution in [0.1, 0.15) is 26.7 Å². The maximum absolute atomic E-state index is 12.6. The smallest absolute Gasteiger partial charge is 0.261 e. The molecule has 1 saturated heterocycles. The number of aromatic nitrogens is 2. The number of aryl methyl sites for hydroxylation is 1. The van der Waals surface area contributed by atoms with Gasteiger partial charge < -0.3 is 10.1 Å². The van der Waals surface area contributed by atoms with Gasteiger partial charge in [-0.15, -0.1) is 0 Å². The topological polar surface area (TPSA) is 76.5 Å². The summed E-state index contributed by atoms with van der Waals surface area (Å²) in [5.74, 6) is 0.509. The quantitative estimate of drug-likeness (QED) is 0.648. The number of fused-ring (bicyclic) bond motifs is 1. The first-order valence-corrected chi connectivity index (χ1v) is 11.0. The third-order valence-corrected chi connectivity index (χ3v) is 5.70. The molecule has 1 aromatic heterocycles. The molecule has 1 aromatic carbocycles. The summed E-state index contributed by atoms with van der Waals surface area (Å²) >= 11 is 3.39. The Morgan fingerprint density at radius 2 is 2.07 bits per heavy atom. The predicted molar refractivity (Wildman–Crippen MR) is 117 cm³/mol. The monoisotopic (exact) mass is 464 g/mol. The van der Waals surface area contributed by atoms with Crippen molar-refractivity contribution in [2.45, 2.75) is 39.3 Å². The van der Waals surface area contributed by atoms with Gasteiger partial charge in [0.15, 0.2) is 0 Å². The summed E-state index contributed by atoms with van der Waals surface area (Å²) in [6, 6.07) is 5.73. The van der Waals surface area contributed by atoms with Gasteiger partial charge in [0.1, 0.15) is 0 Å². The molecule has 1 aliphatic rings. The molecule has 1 fully saturated rings. The number of nitrogens with one attached hydrogen (secondary N) is 1. The number of benzene rings is 1. The van der Waals surface area contributed by atoms with Crippen molar-refractivity contribution in [3.05, 3.63) is 39.4 Å². The Balaban J connectivity index is 1.56. The largest absolute Gasteiger partial charge is 0.379 e. The molecular weight excluding hydrogens is 436 g/mol. The van der Waals surface area contributed by atoms with E-state index in [9.17, 15) is 9.59 Å². The Kier molecular flexibility index (Phi) is 7.80. The van der Waals surface area contributed by atoms with Crippen LogP contribution in [0.3, 0.4) is 0 Å². The van der Waals surface area contributed by atoms with Crippen LogP contribution in [0.5, 0.6) is 0 Å². The van der Waals surface area contributed by atoms with Crippen molar-refractivity contribution in [2.24, 2.45) is 5.92 Å². The van der Waals surface area contributed by atoms with E-state index in [1.54, 1.807) is 12.1 Å². The lowest BCUT2D eigenvalue weighted by Gasteiger charge is -2.35. The lowest BCUT2D eigenvalue weighted by Crippen LogP contribution is -2.49. The fraction of sp³-hybridized carbons (Fsp3) is 0.571. The zero-order valence-electron chi connectivity index (χ0n) is 17.1. The zero-order valence-corrected chi connectivity index (χ0v) is 18.7. The first-order valence-electron chi connectivity index (χ1n) is 10.2. The SMILES string of the molecule is CC(C)CC(CNC(=O)CCn1cnc2ccc(Br)cc2c1=O)N1CCOCC1. The lowest BCUT2D eigenvalue weighted by molar-refractivity contribution is -0.121. The van der Waals surface area contributed by atoms with Crippen molar-refractivity contribution in [2.75, 3.05) is 32.8 Å². The fourth-order valence-electron chi connectivity index (χ4n) is 3.68. The van der Waals surface area contributed by atoms with Crippen molar-refractivity contribution in [3.63, 3.8) is 0 Å². The third kappa shape index (κ3) is 6.10. The summed E-state index contributed by atoms with van der Waals surface area (Å²) in [5.41, 5.74) is 0.524. The molecule has 0 saturated carbocycles. The van der Waals surface area contributed by atoms with Gasteiger partial charge in [-0.3, -0.25) is 19.1 Å². The van der Waals surface area contributed by atoms with Crippen molar-refractivity contribution < 1.29 is 9.53 Å². The van der Waals surface area contributed by atoms with Crippen LogP contribution >= 0.6 is 15.9 Å². The summed E-state index contributed by atoms with van der Waals surface area (Å²) in [7, 11) is 0. The number of rotatable bonds is 8. The molecule has 0 bridgehead atoms. The van der Waals surface area contributed by atoms with E-state index in [1.807, 2.05) is 6.07 Å². The normalized spacial score (nSPS) is 16.3. The molecule has 1 amide bonds. The highest BCUT2D eigenvalue weighted by molar-refractivity contribution is 9.10. The summed E-state index contributed by atoms with van der Waals surface area (Å²) in [6.07, 6.45) is 2.79. The van der Waals surface area contributed by atoms with Crippen LogP contribution in [0.2, 0.25) is 0 Å². The molecule has 1 unspecified atom stereocenters. The van der Waals surface area contributed by atoms with E-state index in [4.69, 9.17) is 4.74 Å². The van der Waals surface area contributed by atoms with Crippen molar-refractivity contribution >= 4 is 32.7 Å². The Morgan fingerprint density at radius 1 is 1.31 bits per heavy atom. The molecule has 158 valence electrons. The van der Waals surface area contributed by atoms with E-state index < -0.39 is 0 Å². The average molecular weight is 465 g/mol. The Labute approximate surface area is 179 Å². The van der Waals surface area contributed by atoms with E-state index >= 15 is 0 Å². The maximum atomic E-state index is 12.6. The Bertz CT molecular complexity index is 893. The summed E-state index contributed by atoms with van der Waals surface area (Å²) in [6.45, 7) is 8.63. The first kappa shape index (κ1) is 21.9. The molecule has 1 N–H and O–H groups in total. The van der Waals surface area contributed by atoms with E-state index in [0.717, 1.165) is 37.2 Å². The minimum absolute atomic E-state index is 0.0479. The molecule has 3 rings (SSSR count). The maximum Gasteiger partial charge on any atom is 0.261 e. The van der Waals surface area contributed by atoms with Crippen molar-refractivity contribution in [3.8, 4) is 0 Å². The molecule has 29 heavy (non-hydrogen) atoms. The minimum atomic E-state index is -0.130. The van der Waals surface area contributed by atoms with Crippen LogP contribution in [0.25, 0.3) is 10.9 Å². The van der Waals surface area contributed by atoms with Crippen molar-refractivity contribution in [1.29, 1.82) is 0 Å². The van der Waals surface area contributed by atoms with E-state index in [1.165, 1.54) is 10.9 Å². The average Bonchev–Trinajstić information content (AvgIpc) is 2.71. The van der Waals surface area contributed by atoms with Crippen LogP contribution in [0.4, 0.5) is 0 Å². The van der Waals surface area contributed by atoms with Crippen LogP contribution in [-0.2, 0) is 16.1 Å². The van der Waals surface area contributed by atoms with E-state index in [2.05, 4.69) is 45.0 Å². The molecule has 0 radical (unpaired) electrons. The first-order chi connectivity index (χ1) is 13.9. The number of morpholine rings is 1. The van der Waals surface area contributed by atoms with Gasteiger partial charge in [0.25, 0.3) is 5.56 Å². The second kappa shape index (κ2) is 10.3. The van der Waals surface area contributed by atoms with Crippen molar-refractivity contribution in [1.82, 2.24) is 19.8 Å². The second-order valence-corrected chi connectivity index (χ2v) is 8.81. The number of halogens is 1. The molecule has 8 heteroatoms. The Morgan fingerprint density at radius 3 is 2.79 bits per heavy atom. The molecule has 1 aliphatic heterocycles. The van der Waals surface area contributed by atoms with Gasteiger partial charge >= 0.3 is 0 Å². The standard InChI is InChI=1S/C21H29BrN4O3/c1-15(2)11-17(25-7-9-29-10-8-25)13-23-20(27)5-6-26-14-24-19-4-3-16(22)12-18(19)21(26)28/h3-4,12,14-15,17H,5-11,13H2,1-2H3,(H,23,27). The van der Waals surface area contributed by atoms with Crippen LogP contribution in [0.15, 0.2) is 33.8 Å². The second-order valence-electron chi connectivity index (χ2n) is 7.89. The lowest BCUT2D eigenvalue weighted by atomic mass is 10.0. The van der Waals surface area contributed by atoms with Gasteiger partial charge in [-0.25, -0.2) is 4.98 Å². The third-order valence-electron chi connectivity index (χ3n) is 5.21. The molecule has 2 heterocycles. The van der Waals surface area contributed by atoms with E-state index in [-0.39, 0.29) is 17.9 Å². The molecular formula is C21H29BrN4O3. The number of hydrogen-bond acceptors (Lipinski definition) is 5. The minimum Gasteiger partial charge on any atom is -0.379 e. The van der Waals surface area contributed by atoms with Gasteiger partial charge in [-0.05, 0) is 30.5 Å². The zero-order chi connectivity index (χ0) is 20.8. The predicted octanol–water partition coefficient (Wildman–Crippen LogP) is 2.41. The number of hydrogen-bond donors (Lipinski definition) is 1. The van der Waals surface area contributed by atoms with Gasteiger partial charge in [0, 0.05) is 43.1 Å². The molecule has 1 atom stereocenters. The highest BCUT2D eigenvalue weighted by atomic mass is 79.9. The molecule has 0 spiro atoms. The molecule has 2 aromatic rings. The number of nitrogens with zero attached hydrogens (tertiary/aromatic N) is 3. The highest BCUT2D eigenvalue weighted by Gasteiger charge is 2.22. The van der Waals surface area contributed by atoms with Gasteiger partial charge in [-0.1, -0.05) is 29.8 Å². The summed E-state index contributed by atoms with van der Waals surface area (Å²) in [5, 5.41) is 3.60. The fourth-order valence-corrected chi connectivity index (χ4v) is 4.04.